The van der Waals surface area contributed by atoms with E-state index in [1.807, 2.05) is 54.6 Å². The maximum Gasteiger partial charge on any atom is 0.278 e. The number of rotatable bonds is 7. The van der Waals surface area contributed by atoms with E-state index in [4.69, 9.17) is 8.94 Å². The Morgan fingerprint density at radius 3 is 2.67 bits per heavy atom. The topological polar surface area (TPSA) is 121 Å². The zero-order chi connectivity index (χ0) is 24.5. The Hall–Kier alpha value is -4.99. The third-order valence-corrected chi connectivity index (χ3v) is 5.88. The Labute approximate surface area is 203 Å². The van der Waals surface area contributed by atoms with E-state index in [0.29, 0.717) is 22.6 Å². The molecule has 6 rings (SSSR count). The van der Waals surface area contributed by atoms with Gasteiger partial charge in [0.05, 0.1) is 24.7 Å². The lowest BCUT2D eigenvalue weighted by Gasteiger charge is -2.08. The summed E-state index contributed by atoms with van der Waals surface area (Å²) in [5.74, 6) is 1.10. The van der Waals surface area contributed by atoms with E-state index in [1.165, 1.54) is 10.9 Å². The first-order valence-corrected chi connectivity index (χ1v) is 11.3. The summed E-state index contributed by atoms with van der Waals surface area (Å²) in [7, 11) is 0. The molecule has 0 spiro atoms. The Bertz CT molecular complexity index is 1730. The van der Waals surface area contributed by atoms with Crippen LogP contribution in [0.3, 0.4) is 0 Å². The standard InChI is InChI=1S/C26H20N6O4/c33-21(27-13-18-9-6-12-35-18)14-32-20-11-5-4-10-19(20)23-24(32)26(34)31(16-28-23)15-22-29-25(30-36-22)17-7-2-1-3-8-17/h1-12,16H,13-15H2,(H,27,33). The maximum absolute atomic E-state index is 13.6. The van der Waals surface area contributed by atoms with Crippen LogP contribution in [0.4, 0.5) is 0 Å². The van der Waals surface area contributed by atoms with Crippen LogP contribution in [0, 0.1) is 0 Å². The molecule has 0 aliphatic heterocycles. The lowest BCUT2D eigenvalue weighted by molar-refractivity contribution is -0.121. The number of nitrogens with zero attached hydrogens (tertiary/aromatic N) is 5. The highest BCUT2D eigenvalue weighted by molar-refractivity contribution is 6.06. The summed E-state index contributed by atoms with van der Waals surface area (Å²) >= 11 is 0. The monoisotopic (exact) mass is 480 g/mol. The zero-order valence-electron chi connectivity index (χ0n) is 19.0. The van der Waals surface area contributed by atoms with Gasteiger partial charge in [-0.25, -0.2) is 4.98 Å². The van der Waals surface area contributed by atoms with Crippen molar-refractivity contribution in [2.45, 2.75) is 19.6 Å². The van der Waals surface area contributed by atoms with Gasteiger partial charge in [0.2, 0.25) is 17.6 Å². The van der Waals surface area contributed by atoms with Crippen LogP contribution in [0.5, 0.6) is 0 Å². The van der Waals surface area contributed by atoms with Gasteiger partial charge in [0.15, 0.2) is 0 Å². The molecule has 0 aliphatic rings. The first kappa shape index (κ1) is 21.5. The summed E-state index contributed by atoms with van der Waals surface area (Å²) in [5, 5.41) is 7.64. The second-order valence-corrected chi connectivity index (χ2v) is 8.21. The van der Waals surface area contributed by atoms with Gasteiger partial charge in [-0.15, -0.1) is 0 Å². The molecule has 0 aliphatic carbocycles. The number of benzene rings is 2. The van der Waals surface area contributed by atoms with Gasteiger partial charge in [-0.3, -0.25) is 14.2 Å². The molecule has 1 amide bonds. The second kappa shape index (κ2) is 8.99. The Morgan fingerprint density at radius 2 is 1.83 bits per heavy atom. The second-order valence-electron chi connectivity index (χ2n) is 8.21. The third-order valence-electron chi connectivity index (χ3n) is 5.88. The van der Waals surface area contributed by atoms with Crippen molar-refractivity contribution in [1.82, 2.24) is 29.6 Å². The van der Waals surface area contributed by atoms with Crippen LogP contribution in [0.2, 0.25) is 0 Å². The lowest BCUT2D eigenvalue weighted by atomic mass is 10.2. The molecule has 4 aromatic heterocycles. The number of furan rings is 1. The predicted octanol–water partition coefficient (Wildman–Crippen LogP) is 3.36. The van der Waals surface area contributed by atoms with Gasteiger partial charge in [0.1, 0.15) is 29.9 Å². The van der Waals surface area contributed by atoms with Gasteiger partial charge in [-0.1, -0.05) is 53.7 Å². The molecule has 10 nitrogen and oxygen atoms in total. The summed E-state index contributed by atoms with van der Waals surface area (Å²) in [6.07, 6.45) is 3.01. The van der Waals surface area contributed by atoms with Crippen molar-refractivity contribution in [2.24, 2.45) is 0 Å². The third kappa shape index (κ3) is 3.94. The van der Waals surface area contributed by atoms with Crippen LogP contribution in [-0.2, 0) is 24.4 Å². The molecule has 0 saturated heterocycles. The van der Waals surface area contributed by atoms with Crippen LogP contribution in [0.15, 0.2) is 93.1 Å². The molecule has 0 unspecified atom stereocenters. The van der Waals surface area contributed by atoms with Crippen LogP contribution >= 0.6 is 0 Å². The Kier molecular flexibility index (Phi) is 5.38. The van der Waals surface area contributed by atoms with E-state index in [9.17, 15) is 9.59 Å². The largest absolute Gasteiger partial charge is 0.467 e. The SMILES string of the molecule is O=C(Cn1c2ccccc2c2ncn(Cc3nc(-c4ccccc4)no3)c(=O)c21)NCc1ccco1. The fourth-order valence-corrected chi connectivity index (χ4v) is 4.19. The first-order valence-electron chi connectivity index (χ1n) is 11.3. The average molecular weight is 480 g/mol. The predicted molar refractivity (Wildman–Crippen MR) is 131 cm³/mol. The zero-order valence-corrected chi connectivity index (χ0v) is 19.0. The number of hydrogen-bond acceptors (Lipinski definition) is 7. The van der Waals surface area contributed by atoms with E-state index < -0.39 is 0 Å². The Morgan fingerprint density at radius 1 is 1.00 bits per heavy atom. The van der Waals surface area contributed by atoms with Gasteiger partial charge in [0, 0.05) is 10.9 Å². The maximum atomic E-state index is 13.6. The van der Waals surface area contributed by atoms with Gasteiger partial charge < -0.3 is 18.8 Å². The van der Waals surface area contributed by atoms with E-state index in [0.717, 1.165) is 16.5 Å². The van der Waals surface area contributed by atoms with Gasteiger partial charge in [-0.2, -0.15) is 4.98 Å². The van der Waals surface area contributed by atoms with Gasteiger partial charge in [0.25, 0.3) is 5.56 Å². The first-order chi connectivity index (χ1) is 17.7. The lowest BCUT2D eigenvalue weighted by Crippen LogP contribution is -2.29. The number of amides is 1. The fourth-order valence-electron chi connectivity index (χ4n) is 4.19. The molecule has 178 valence electrons. The van der Waals surface area contributed by atoms with Gasteiger partial charge >= 0.3 is 0 Å². The van der Waals surface area contributed by atoms with Crippen LogP contribution in [0.1, 0.15) is 11.7 Å². The molecule has 36 heavy (non-hydrogen) atoms. The molecule has 1 N–H and O–H groups in total. The summed E-state index contributed by atoms with van der Waals surface area (Å²) in [6, 6.07) is 20.5. The van der Waals surface area contributed by atoms with E-state index >= 15 is 0 Å². The highest BCUT2D eigenvalue weighted by Crippen LogP contribution is 2.25. The van der Waals surface area contributed by atoms with Crippen molar-refractivity contribution in [3.05, 3.63) is 101 Å². The number of hydrogen-bond donors (Lipinski definition) is 1. The summed E-state index contributed by atoms with van der Waals surface area (Å²) < 4.78 is 13.8. The number of nitrogens with one attached hydrogen (secondary N) is 1. The number of carbonyl (C=O) groups is 1. The van der Waals surface area contributed by atoms with Crippen molar-refractivity contribution < 1.29 is 13.7 Å². The number of fused-ring (bicyclic) bond motifs is 3. The molecule has 4 heterocycles. The van der Waals surface area contributed by atoms with Gasteiger partial charge in [-0.05, 0) is 18.2 Å². The smallest absolute Gasteiger partial charge is 0.278 e. The molecule has 0 fully saturated rings. The van der Waals surface area contributed by atoms with Crippen LogP contribution < -0.4 is 10.9 Å². The van der Waals surface area contributed by atoms with E-state index in [1.54, 1.807) is 23.0 Å². The number of carbonyl (C=O) groups excluding carboxylic acids is 1. The summed E-state index contributed by atoms with van der Waals surface area (Å²) in [4.78, 5) is 35.3. The van der Waals surface area contributed by atoms with Crippen LogP contribution in [0.25, 0.3) is 33.3 Å². The average Bonchev–Trinajstić information content (AvgIpc) is 3.66. The molecule has 0 radical (unpaired) electrons. The van der Waals surface area contributed by atoms with E-state index in [-0.39, 0.29) is 37.0 Å². The normalized spacial score (nSPS) is 11.3. The minimum Gasteiger partial charge on any atom is -0.467 e. The molecule has 10 heteroatoms. The van der Waals surface area contributed by atoms with Crippen molar-refractivity contribution in [3.8, 4) is 11.4 Å². The van der Waals surface area contributed by atoms with Crippen molar-refractivity contribution in [1.29, 1.82) is 0 Å². The number of aromatic nitrogens is 5. The number of para-hydroxylation sites is 1. The molecule has 0 saturated carbocycles. The van der Waals surface area contributed by atoms with Crippen molar-refractivity contribution >= 4 is 27.8 Å². The minimum absolute atomic E-state index is 0.0494. The molecule has 2 aromatic carbocycles. The minimum atomic E-state index is -0.311. The van der Waals surface area contributed by atoms with E-state index in [2.05, 4.69) is 20.4 Å². The fraction of sp³-hybridized carbons (Fsp3) is 0.115. The Balaban J connectivity index is 1.35. The van der Waals surface area contributed by atoms with Crippen molar-refractivity contribution in [2.75, 3.05) is 0 Å². The summed E-state index contributed by atoms with van der Waals surface area (Å²) in [5.41, 5.74) is 2.10. The van der Waals surface area contributed by atoms with Crippen molar-refractivity contribution in [3.63, 3.8) is 0 Å². The molecular weight excluding hydrogens is 460 g/mol. The summed E-state index contributed by atoms with van der Waals surface area (Å²) in [6.45, 7) is 0.255. The highest BCUT2D eigenvalue weighted by Gasteiger charge is 2.19. The molecule has 0 bridgehead atoms. The highest BCUT2D eigenvalue weighted by atomic mass is 16.5. The molecule has 6 aromatic rings. The quantitative estimate of drug-likeness (QED) is 0.372. The molecule has 0 atom stereocenters. The van der Waals surface area contributed by atoms with Crippen LogP contribution in [-0.4, -0.2) is 30.2 Å². The molecular formula is C26H20N6O4.